The summed E-state index contributed by atoms with van der Waals surface area (Å²) in [7, 11) is 0. The zero-order valence-electron chi connectivity index (χ0n) is 16.4. The molecule has 3 heteroatoms. The third-order valence-corrected chi connectivity index (χ3v) is 6.92. The van der Waals surface area contributed by atoms with Gasteiger partial charge in [0.05, 0.1) is 0 Å². The summed E-state index contributed by atoms with van der Waals surface area (Å²) >= 11 is 0. The van der Waals surface area contributed by atoms with Crippen LogP contribution in [0.3, 0.4) is 0 Å². The molecule has 3 aliphatic heterocycles. The second-order valence-electron chi connectivity index (χ2n) is 9.66. The third-order valence-electron chi connectivity index (χ3n) is 6.92. The van der Waals surface area contributed by atoms with Gasteiger partial charge in [0, 0.05) is 37.5 Å². The summed E-state index contributed by atoms with van der Waals surface area (Å²) in [6.07, 6.45) is 6.90. The average Bonchev–Trinajstić information content (AvgIpc) is 2.52. The molecule has 0 spiro atoms. The molecule has 4 aliphatic rings. The lowest BCUT2D eigenvalue weighted by atomic mass is 9.68. The lowest BCUT2D eigenvalue weighted by molar-refractivity contribution is -0.135. The van der Waals surface area contributed by atoms with Crippen molar-refractivity contribution in [2.45, 2.75) is 72.3 Å². The normalized spacial score (nSPS) is 30.6. The lowest BCUT2D eigenvalue weighted by Crippen LogP contribution is -2.56. The van der Waals surface area contributed by atoms with Gasteiger partial charge in [-0.3, -0.25) is 4.79 Å². The van der Waals surface area contributed by atoms with E-state index in [1.807, 2.05) is 0 Å². The molecule has 3 saturated heterocycles. The zero-order chi connectivity index (χ0) is 17.3. The summed E-state index contributed by atoms with van der Waals surface area (Å²) in [6, 6.07) is 0.608. The van der Waals surface area contributed by atoms with Crippen molar-refractivity contribution in [1.82, 2.24) is 9.80 Å². The number of fused-ring (bicyclic) bond motifs is 2. The predicted molar refractivity (Wildman–Crippen MR) is 100 cm³/mol. The number of rotatable bonds is 7. The van der Waals surface area contributed by atoms with Crippen molar-refractivity contribution in [3.8, 4) is 0 Å². The number of nitrogens with zero attached hydrogens (tertiary/aromatic N) is 2. The van der Waals surface area contributed by atoms with E-state index in [1.54, 1.807) is 0 Å². The van der Waals surface area contributed by atoms with Crippen molar-refractivity contribution in [2.24, 2.45) is 23.2 Å². The Morgan fingerprint density at radius 3 is 2.12 bits per heavy atom. The molecule has 2 bridgehead atoms. The minimum atomic E-state index is -0.0515. The van der Waals surface area contributed by atoms with Crippen LogP contribution in [0.5, 0.6) is 0 Å². The highest BCUT2D eigenvalue weighted by molar-refractivity contribution is 5.85. The predicted octanol–water partition coefficient (Wildman–Crippen LogP) is 3.82. The Balaban J connectivity index is 1.65. The first-order valence-electron chi connectivity index (χ1n) is 10.4. The van der Waals surface area contributed by atoms with Gasteiger partial charge in [0.2, 0.25) is 0 Å². The van der Waals surface area contributed by atoms with Crippen LogP contribution in [-0.2, 0) is 4.79 Å². The van der Waals surface area contributed by atoms with E-state index >= 15 is 0 Å². The van der Waals surface area contributed by atoms with Crippen LogP contribution in [-0.4, -0.2) is 54.3 Å². The molecule has 0 unspecified atom stereocenters. The van der Waals surface area contributed by atoms with Crippen molar-refractivity contribution in [3.63, 3.8) is 0 Å². The number of piperidine rings is 3. The fraction of sp³-hybridized carbons (Fsp3) is 0.952. The van der Waals surface area contributed by atoms with Crippen molar-refractivity contribution >= 4 is 5.78 Å². The van der Waals surface area contributed by atoms with Crippen LogP contribution in [0.15, 0.2) is 0 Å². The molecule has 0 aromatic heterocycles. The number of carbonyl (C=O) groups excluding carboxylic acids is 1. The number of Topliss-reactive ketones (excluding diaryl/α,β-unsaturated/α-hetero) is 1. The molecule has 4 rings (SSSR count). The van der Waals surface area contributed by atoms with E-state index in [0.29, 0.717) is 17.7 Å². The molecule has 0 atom stereocenters. The summed E-state index contributed by atoms with van der Waals surface area (Å²) in [4.78, 5) is 18.4. The number of likely N-dealkylation sites (tertiary alicyclic amines) is 1. The molecule has 0 aromatic rings. The second-order valence-corrected chi connectivity index (χ2v) is 9.66. The maximum Gasteiger partial charge on any atom is 0.140 e. The summed E-state index contributed by atoms with van der Waals surface area (Å²) in [5.41, 5.74) is -0.0515. The monoisotopic (exact) mass is 334 g/mol. The quantitative estimate of drug-likeness (QED) is 0.707. The Hall–Kier alpha value is -0.410. The van der Waals surface area contributed by atoms with Gasteiger partial charge in [-0.1, -0.05) is 13.8 Å². The number of hydrogen-bond donors (Lipinski definition) is 0. The van der Waals surface area contributed by atoms with Crippen molar-refractivity contribution in [2.75, 3.05) is 32.7 Å². The van der Waals surface area contributed by atoms with E-state index in [-0.39, 0.29) is 5.41 Å². The van der Waals surface area contributed by atoms with Gasteiger partial charge in [-0.05, 0) is 76.8 Å². The molecule has 3 nitrogen and oxygen atoms in total. The van der Waals surface area contributed by atoms with E-state index in [1.165, 1.54) is 25.9 Å². The molecular formula is C21H38N2O. The van der Waals surface area contributed by atoms with Crippen molar-refractivity contribution in [1.29, 1.82) is 0 Å². The SMILES string of the molecule is CC(C)CCC(=O)C1(CN2CC3CC(C3)C2)CCN(C(C)C)CC1. The molecule has 138 valence electrons. The van der Waals surface area contributed by atoms with Gasteiger partial charge < -0.3 is 9.80 Å². The number of ketones is 1. The summed E-state index contributed by atoms with van der Waals surface area (Å²) in [5.74, 6) is 3.06. The van der Waals surface area contributed by atoms with Gasteiger partial charge >= 0.3 is 0 Å². The highest BCUT2D eigenvalue weighted by Crippen LogP contribution is 2.42. The average molecular weight is 335 g/mol. The maximum atomic E-state index is 13.2. The van der Waals surface area contributed by atoms with Crippen LogP contribution in [0.2, 0.25) is 0 Å². The van der Waals surface area contributed by atoms with Crippen LogP contribution in [0.25, 0.3) is 0 Å². The Morgan fingerprint density at radius 1 is 1.04 bits per heavy atom. The van der Waals surface area contributed by atoms with Gasteiger partial charge in [-0.15, -0.1) is 0 Å². The van der Waals surface area contributed by atoms with E-state index in [0.717, 1.165) is 57.2 Å². The minimum absolute atomic E-state index is 0.0515. The molecule has 0 N–H and O–H groups in total. The zero-order valence-corrected chi connectivity index (χ0v) is 16.4. The van der Waals surface area contributed by atoms with E-state index in [9.17, 15) is 4.79 Å². The van der Waals surface area contributed by atoms with Crippen molar-refractivity contribution in [3.05, 3.63) is 0 Å². The fourth-order valence-electron chi connectivity index (χ4n) is 5.21. The standard InChI is InChI=1S/C21H38N2O/c1-16(2)5-6-20(24)21(7-9-23(10-8-21)17(3)4)15-22-13-18-11-19(12-18)14-22/h16-19H,5-15H2,1-4H3. The van der Waals surface area contributed by atoms with E-state index < -0.39 is 0 Å². The molecule has 0 amide bonds. The number of carbonyl (C=O) groups is 1. The molecule has 24 heavy (non-hydrogen) atoms. The van der Waals surface area contributed by atoms with Crippen LogP contribution in [0.4, 0.5) is 0 Å². The fourth-order valence-corrected chi connectivity index (χ4v) is 5.21. The summed E-state index contributed by atoms with van der Waals surface area (Å²) in [5, 5.41) is 0. The Kier molecular flexibility index (Phi) is 5.71. The van der Waals surface area contributed by atoms with Crippen LogP contribution in [0, 0.1) is 23.2 Å². The molecule has 0 radical (unpaired) electrons. The maximum absolute atomic E-state index is 13.2. The minimum Gasteiger partial charge on any atom is -0.302 e. The van der Waals surface area contributed by atoms with Gasteiger partial charge in [0.15, 0.2) is 0 Å². The van der Waals surface area contributed by atoms with Crippen LogP contribution >= 0.6 is 0 Å². The number of hydrogen-bond acceptors (Lipinski definition) is 3. The Bertz CT molecular complexity index is 421. The van der Waals surface area contributed by atoms with E-state index in [2.05, 4.69) is 37.5 Å². The first-order valence-corrected chi connectivity index (χ1v) is 10.4. The molecule has 1 aliphatic carbocycles. The highest BCUT2D eigenvalue weighted by Gasteiger charge is 2.45. The lowest BCUT2D eigenvalue weighted by Gasteiger charge is -2.51. The van der Waals surface area contributed by atoms with Gasteiger partial charge in [-0.25, -0.2) is 0 Å². The largest absolute Gasteiger partial charge is 0.302 e. The first kappa shape index (κ1) is 18.4. The Morgan fingerprint density at radius 2 is 1.62 bits per heavy atom. The molecule has 4 fully saturated rings. The van der Waals surface area contributed by atoms with Crippen LogP contribution in [0.1, 0.15) is 66.2 Å². The highest BCUT2D eigenvalue weighted by atomic mass is 16.1. The van der Waals surface area contributed by atoms with Gasteiger partial charge in [-0.2, -0.15) is 0 Å². The Labute approximate surface area is 149 Å². The van der Waals surface area contributed by atoms with E-state index in [4.69, 9.17) is 0 Å². The molecule has 3 heterocycles. The third kappa shape index (κ3) is 4.04. The second kappa shape index (κ2) is 7.45. The van der Waals surface area contributed by atoms with Gasteiger partial charge in [0.25, 0.3) is 0 Å². The molecular weight excluding hydrogens is 296 g/mol. The molecule has 1 saturated carbocycles. The smallest absolute Gasteiger partial charge is 0.140 e. The van der Waals surface area contributed by atoms with Crippen molar-refractivity contribution < 1.29 is 4.79 Å². The summed E-state index contributed by atoms with van der Waals surface area (Å²) in [6.45, 7) is 14.8. The summed E-state index contributed by atoms with van der Waals surface area (Å²) < 4.78 is 0. The topological polar surface area (TPSA) is 23.6 Å². The van der Waals surface area contributed by atoms with Crippen LogP contribution < -0.4 is 0 Å². The molecule has 0 aromatic carbocycles. The first-order chi connectivity index (χ1) is 11.4. The van der Waals surface area contributed by atoms with Gasteiger partial charge in [0.1, 0.15) is 5.78 Å².